The summed E-state index contributed by atoms with van der Waals surface area (Å²) >= 11 is 0. The molecule has 6 heteroatoms. The first kappa shape index (κ1) is 14.3. The molecule has 0 saturated heterocycles. The van der Waals surface area contributed by atoms with Crippen LogP contribution in [-0.4, -0.2) is 22.5 Å². The fourth-order valence-corrected chi connectivity index (χ4v) is 2.87. The van der Waals surface area contributed by atoms with Gasteiger partial charge in [0.05, 0.1) is 10.8 Å². The first-order valence-corrected chi connectivity index (χ1v) is 6.71. The highest BCUT2D eigenvalue weighted by atomic mass is 16.6. The summed E-state index contributed by atoms with van der Waals surface area (Å²) in [6.07, 6.45) is 2.44. The van der Waals surface area contributed by atoms with Gasteiger partial charge in [0.2, 0.25) is 0 Å². The third-order valence-corrected chi connectivity index (χ3v) is 3.96. The van der Waals surface area contributed by atoms with Crippen molar-refractivity contribution in [3.63, 3.8) is 0 Å². The molecule has 0 radical (unpaired) electrons. The van der Waals surface area contributed by atoms with E-state index in [1.807, 2.05) is 0 Å². The van der Waals surface area contributed by atoms with Crippen LogP contribution in [0.3, 0.4) is 0 Å². The molecule has 0 amide bonds. The normalized spacial score (nSPS) is 21.6. The molecule has 2 rings (SSSR count). The number of aliphatic carboxylic acids is 1. The molecular formula is C14H18N2O4. The molecule has 2 unspecified atom stereocenters. The van der Waals surface area contributed by atoms with Crippen molar-refractivity contribution < 1.29 is 14.8 Å². The summed E-state index contributed by atoms with van der Waals surface area (Å²) in [6.45, 7) is 2.27. The first-order chi connectivity index (χ1) is 9.50. The Kier molecular flexibility index (Phi) is 4.22. The van der Waals surface area contributed by atoms with Crippen molar-refractivity contribution >= 4 is 17.3 Å². The Bertz CT molecular complexity index is 530. The second-order valence-corrected chi connectivity index (χ2v) is 5.24. The molecule has 0 heterocycles. The number of hydrogen-bond donors (Lipinski definition) is 2. The molecule has 0 aromatic heterocycles. The van der Waals surface area contributed by atoms with E-state index < -0.39 is 10.9 Å². The van der Waals surface area contributed by atoms with E-state index in [9.17, 15) is 14.9 Å². The van der Waals surface area contributed by atoms with Crippen LogP contribution in [0.5, 0.6) is 0 Å². The van der Waals surface area contributed by atoms with Crippen molar-refractivity contribution in [2.45, 2.75) is 26.2 Å². The molecule has 0 spiro atoms. The maximum absolute atomic E-state index is 11.1. The van der Waals surface area contributed by atoms with Gasteiger partial charge in [0, 0.05) is 12.6 Å². The fourth-order valence-electron chi connectivity index (χ4n) is 2.87. The topological polar surface area (TPSA) is 92.5 Å². The van der Waals surface area contributed by atoms with Crippen molar-refractivity contribution in [3.8, 4) is 0 Å². The predicted octanol–water partition coefficient (Wildman–Crippen LogP) is 2.82. The van der Waals surface area contributed by atoms with Crippen LogP contribution >= 0.6 is 0 Å². The van der Waals surface area contributed by atoms with Crippen molar-refractivity contribution in [1.82, 2.24) is 0 Å². The highest BCUT2D eigenvalue weighted by Gasteiger charge is 2.33. The van der Waals surface area contributed by atoms with Crippen molar-refractivity contribution in [1.29, 1.82) is 0 Å². The SMILES string of the molecule is Cc1cccc([N+](=O)[O-])c1NCC1CCCC1C(=O)O. The number of anilines is 1. The molecule has 1 saturated carbocycles. The zero-order valence-electron chi connectivity index (χ0n) is 11.3. The summed E-state index contributed by atoms with van der Waals surface area (Å²) in [4.78, 5) is 21.7. The molecule has 20 heavy (non-hydrogen) atoms. The standard InChI is InChI=1S/C14H18N2O4/c1-9-4-2-7-12(16(19)20)13(9)15-8-10-5-3-6-11(10)14(17)18/h2,4,7,10-11,15H,3,5-6,8H2,1H3,(H,17,18). The number of nitro groups is 1. The molecule has 108 valence electrons. The lowest BCUT2D eigenvalue weighted by Crippen LogP contribution is -2.24. The van der Waals surface area contributed by atoms with Gasteiger partial charge in [-0.25, -0.2) is 0 Å². The Balaban J connectivity index is 2.11. The maximum atomic E-state index is 11.1. The monoisotopic (exact) mass is 278 g/mol. The maximum Gasteiger partial charge on any atom is 0.306 e. The minimum atomic E-state index is -0.770. The van der Waals surface area contributed by atoms with E-state index in [2.05, 4.69) is 5.32 Å². The van der Waals surface area contributed by atoms with Crippen molar-refractivity contribution in [2.75, 3.05) is 11.9 Å². The molecule has 0 bridgehead atoms. The van der Waals surface area contributed by atoms with Gasteiger partial charge >= 0.3 is 5.97 Å². The van der Waals surface area contributed by atoms with Gasteiger partial charge in [0.25, 0.3) is 5.69 Å². The average molecular weight is 278 g/mol. The molecule has 1 aromatic carbocycles. The molecule has 1 fully saturated rings. The van der Waals surface area contributed by atoms with E-state index in [-0.39, 0.29) is 17.5 Å². The van der Waals surface area contributed by atoms with Crippen LogP contribution in [0.25, 0.3) is 0 Å². The number of nitrogens with zero attached hydrogens (tertiary/aromatic N) is 1. The van der Waals surface area contributed by atoms with Crippen LogP contribution in [0, 0.1) is 28.9 Å². The number of benzene rings is 1. The fraction of sp³-hybridized carbons (Fsp3) is 0.500. The van der Waals surface area contributed by atoms with Crippen LogP contribution in [0.2, 0.25) is 0 Å². The number of nitrogens with one attached hydrogen (secondary N) is 1. The first-order valence-electron chi connectivity index (χ1n) is 6.71. The van der Waals surface area contributed by atoms with Crippen LogP contribution in [0.4, 0.5) is 11.4 Å². The van der Waals surface area contributed by atoms with Crippen LogP contribution in [0.1, 0.15) is 24.8 Å². The Morgan fingerprint density at radius 2 is 2.25 bits per heavy atom. The number of carboxylic acid groups (broad SMARTS) is 1. The number of carbonyl (C=O) groups is 1. The van der Waals surface area contributed by atoms with Gasteiger partial charge in [-0.05, 0) is 31.2 Å². The summed E-state index contributed by atoms with van der Waals surface area (Å²) in [6, 6.07) is 4.91. The molecule has 1 aliphatic carbocycles. The van der Waals surface area contributed by atoms with Crippen molar-refractivity contribution in [2.24, 2.45) is 11.8 Å². The molecular weight excluding hydrogens is 260 g/mol. The molecule has 6 nitrogen and oxygen atoms in total. The zero-order chi connectivity index (χ0) is 14.7. The number of nitro benzene ring substituents is 1. The smallest absolute Gasteiger partial charge is 0.306 e. The van der Waals surface area contributed by atoms with Gasteiger partial charge < -0.3 is 10.4 Å². The molecule has 2 atom stereocenters. The Morgan fingerprint density at radius 3 is 2.90 bits per heavy atom. The van der Waals surface area contributed by atoms with Crippen LogP contribution in [0.15, 0.2) is 18.2 Å². The van der Waals surface area contributed by atoms with Gasteiger partial charge in [0.15, 0.2) is 0 Å². The minimum absolute atomic E-state index is 0.0340. The molecule has 1 aliphatic rings. The summed E-state index contributed by atoms with van der Waals surface area (Å²) < 4.78 is 0. The Labute approximate surface area is 117 Å². The number of hydrogen-bond acceptors (Lipinski definition) is 4. The van der Waals surface area contributed by atoms with Gasteiger partial charge in [-0.2, -0.15) is 0 Å². The summed E-state index contributed by atoms with van der Waals surface area (Å²) in [5.41, 5.74) is 1.33. The van der Waals surface area contributed by atoms with Crippen LogP contribution in [-0.2, 0) is 4.79 Å². The Morgan fingerprint density at radius 1 is 1.50 bits per heavy atom. The van der Waals surface area contributed by atoms with E-state index in [1.165, 1.54) is 6.07 Å². The lowest BCUT2D eigenvalue weighted by molar-refractivity contribution is -0.384. The van der Waals surface area contributed by atoms with E-state index >= 15 is 0 Å². The van der Waals surface area contributed by atoms with E-state index in [1.54, 1.807) is 19.1 Å². The summed E-state index contributed by atoms with van der Waals surface area (Å²) in [5, 5.41) is 23.2. The highest BCUT2D eigenvalue weighted by molar-refractivity contribution is 5.71. The summed E-state index contributed by atoms with van der Waals surface area (Å²) in [5.74, 6) is -1.08. The van der Waals surface area contributed by atoms with Gasteiger partial charge in [-0.15, -0.1) is 0 Å². The van der Waals surface area contributed by atoms with E-state index in [0.717, 1.165) is 18.4 Å². The van der Waals surface area contributed by atoms with E-state index in [0.29, 0.717) is 18.7 Å². The number of aryl methyl sites for hydroxylation is 1. The van der Waals surface area contributed by atoms with Gasteiger partial charge in [-0.1, -0.05) is 18.6 Å². The second-order valence-electron chi connectivity index (χ2n) is 5.24. The number of para-hydroxylation sites is 1. The van der Waals surface area contributed by atoms with Gasteiger partial charge in [-0.3, -0.25) is 14.9 Å². The van der Waals surface area contributed by atoms with Gasteiger partial charge in [0.1, 0.15) is 5.69 Å². The second kappa shape index (κ2) is 5.90. The summed E-state index contributed by atoms with van der Waals surface area (Å²) in [7, 11) is 0. The number of rotatable bonds is 5. The minimum Gasteiger partial charge on any atom is -0.481 e. The zero-order valence-corrected chi connectivity index (χ0v) is 11.3. The number of carboxylic acids is 1. The third kappa shape index (κ3) is 2.89. The third-order valence-electron chi connectivity index (χ3n) is 3.96. The lowest BCUT2D eigenvalue weighted by atomic mass is 9.96. The van der Waals surface area contributed by atoms with Crippen LogP contribution < -0.4 is 5.32 Å². The quantitative estimate of drug-likeness (QED) is 0.638. The average Bonchev–Trinajstić information content (AvgIpc) is 2.85. The van der Waals surface area contributed by atoms with E-state index in [4.69, 9.17) is 5.11 Å². The molecule has 0 aliphatic heterocycles. The predicted molar refractivity (Wildman–Crippen MR) is 74.8 cm³/mol. The largest absolute Gasteiger partial charge is 0.481 e. The van der Waals surface area contributed by atoms with Crippen molar-refractivity contribution in [3.05, 3.63) is 33.9 Å². The lowest BCUT2D eigenvalue weighted by Gasteiger charge is -2.18. The molecule has 1 aromatic rings. The highest BCUT2D eigenvalue weighted by Crippen LogP contribution is 2.34. The Hall–Kier alpha value is -2.11. The molecule has 2 N–H and O–H groups in total.